The van der Waals surface area contributed by atoms with Crippen LogP contribution in [0.1, 0.15) is 134 Å². The van der Waals surface area contributed by atoms with Crippen molar-refractivity contribution < 1.29 is 37.0 Å². The third-order valence-corrected chi connectivity index (χ3v) is 18.1. The highest BCUT2D eigenvalue weighted by Crippen LogP contribution is 2.51. The summed E-state index contributed by atoms with van der Waals surface area (Å²) in [6, 6.07) is 64.7. The van der Waals surface area contributed by atoms with Crippen LogP contribution >= 0.6 is 112 Å². The molecule has 466 valence electrons. The molecule has 0 N–H and O–H groups in total. The first-order chi connectivity index (χ1) is 42.6. The summed E-state index contributed by atoms with van der Waals surface area (Å²) in [5.74, 6) is 0.0417. The van der Waals surface area contributed by atoms with Gasteiger partial charge in [-0.3, -0.25) is 13.9 Å². The number of ether oxygens (including phenoxy) is 2. The largest absolute Gasteiger partial charge is 0.382 e. The number of rotatable bonds is 21. The Labute approximate surface area is 575 Å². The van der Waals surface area contributed by atoms with Gasteiger partial charge in [0.05, 0.1) is 26.0 Å². The van der Waals surface area contributed by atoms with Crippen molar-refractivity contribution in [1.29, 1.82) is 0 Å². The maximum absolute atomic E-state index is 12.3. The predicted molar refractivity (Wildman–Crippen MR) is 389 cm³/mol. The van der Waals surface area contributed by atoms with Crippen molar-refractivity contribution in [2.45, 2.75) is 86.4 Å². The van der Waals surface area contributed by atoms with Crippen LogP contribution in [0.15, 0.2) is 221 Å². The average molecular weight is 1610 g/mol. The lowest BCUT2D eigenvalue weighted by atomic mass is 9.94. The fraction of sp³-hybridized carbons (Fsp3) is 0.264. The smallest absolute Gasteiger partial charge is 0.335 e. The second-order valence-corrected chi connectivity index (χ2v) is 27.3. The van der Waals surface area contributed by atoms with Crippen LogP contribution in [0.25, 0.3) is 23.3 Å². The molecule has 1 aliphatic rings. The number of hydrogen-bond donors (Lipinski definition) is 0. The van der Waals surface area contributed by atoms with Crippen LogP contribution in [0.3, 0.4) is 0 Å². The SMILES string of the molecule is Brc1ccc(C(=Cc2ccc(C=C(c3ccc(Br)cc3)c3ccc(Br)cc3)cc2)c2ccc(Br)cc2)cc1.C1CCOC1.CCCCC.CCOCC.CCOP(=O)(Cc1ccc(COP=O)cc1)OCC.O=C(c1ccc(Br)cc1)c1ccc(Br)cc1. The summed E-state index contributed by atoms with van der Waals surface area (Å²) in [6.45, 7) is 16.6. The van der Waals surface area contributed by atoms with Crippen LogP contribution in [0.2, 0.25) is 0 Å². The van der Waals surface area contributed by atoms with Gasteiger partial charge in [0.1, 0.15) is 0 Å². The molecular formula is C72H78Br6O8P2. The van der Waals surface area contributed by atoms with Crippen molar-refractivity contribution in [1.82, 2.24) is 0 Å². The molecule has 9 rings (SSSR count). The molecular weight excluding hydrogens is 1530 g/mol. The molecule has 8 aromatic rings. The van der Waals surface area contributed by atoms with Gasteiger partial charge in [0.2, 0.25) is 0 Å². The zero-order valence-electron chi connectivity index (χ0n) is 50.8. The molecule has 0 aliphatic carbocycles. The van der Waals surface area contributed by atoms with Gasteiger partial charge >= 0.3 is 16.3 Å². The first-order valence-corrected chi connectivity index (χ1v) is 36.5. The molecule has 0 saturated carbocycles. The second-order valence-electron chi connectivity index (χ2n) is 19.4. The number of ketones is 1. The lowest BCUT2D eigenvalue weighted by molar-refractivity contribution is 0.103. The van der Waals surface area contributed by atoms with Gasteiger partial charge in [0.15, 0.2) is 5.78 Å². The van der Waals surface area contributed by atoms with Crippen LogP contribution < -0.4 is 0 Å². The molecule has 0 bridgehead atoms. The molecule has 0 aromatic heterocycles. The van der Waals surface area contributed by atoms with E-state index in [1.807, 2.05) is 86.6 Å². The molecule has 0 spiro atoms. The van der Waals surface area contributed by atoms with Crippen molar-refractivity contribution in [3.63, 3.8) is 0 Å². The number of hydrogen-bond acceptors (Lipinski definition) is 8. The van der Waals surface area contributed by atoms with Crippen molar-refractivity contribution in [3.8, 4) is 0 Å². The molecule has 8 nitrogen and oxygen atoms in total. The van der Waals surface area contributed by atoms with E-state index < -0.39 is 7.60 Å². The Morgan fingerprint density at radius 1 is 0.443 bits per heavy atom. The van der Waals surface area contributed by atoms with Gasteiger partial charge in [-0.05, 0) is 205 Å². The summed E-state index contributed by atoms with van der Waals surface area (Å²) >= 11 is 20.9. The van der Waals surface area contributed by atoms with E-state index in [9.17, 15) is 13.9 Å². The third-order valence-electron chi connectivity index (χ3n) is 12.7. The lowest BCUT2D eigenvalue weighted by Crippen LogP contribution is -2.00. The zero-order chi connectivity index (χ0) is 63.9. The highest BCUT2D eigenvalue weighted by atomic mass is 79.9. The molecule has 0 radical (unpaired) electrons. The van der Waals surface area contributed by atoms with E-state index in [1.54, 1.807) is 13.8 Å². The lowest BCUT2D eigenvalue weighted by Gasteiger charge is -2.17. The van der Waals surface area contributed by atoms with Gasteiger partial charge < -0.3 is 18.5 Å². The number of benzene rings is 8. The Kier molecular flexibility index (Phi) is 38.6. The van der Waals surface area contributed by atoms with Gasteiger partial charge in [-0.15, -0.1) is 0 Å². The maximum atomic E-state index is 12.3. The Hall–Kier alpha value is -4.08. The summed E-state index contributed by atoms with van der Waals surface area (Å²) < 4.78 is 53.7. The van der Waals surface area contributed by atoms with Crippen LogP contribution in [0, 0.1) is 0 Å². The molecule has 1 saturated heterocycles. The Morgan fingerprint density at radius 2 is 0.750 bits per heavy atom. The normalized spacial score (nSPS) is 11.3. The Bertz CT molecular complexity index is 3050. The van der Waals surface area contributed by atoms with E-state index in [1.165, 1.54) is 65.5 Å². The standard InChI is InChI=1S/C34H22Br4.C13H8Br2O.C12H18O5P2.C5H12.C4H8O.C4H10O/c35-29-13-5-25(6-14-29)33(26-7-15-30(36)16-8-26)21-23-1-2-24(4-3-23)22-34(27-9-17-31(37)18-10-27)28-11-19-32(38)20-12-28;14-11-5-1-9(2-6-11)13(16)10-3-7-12(15)8-4-10;1-3-16-19(14,17-4-2)10-12-7-5-11(6-8-12)9-15-18-13;1-3-5-4-2;1-2-4-5-3-1;1-3-5-4-2/h1-22H;1-8H;5-8H,3-4,9-10H2,1-2H3;3-5H2,1-2H3;1-4H2;3-4H2,1-2H3. The molecule has 1 heterocycles. The molecule has 16 heteroatoms. The summed E-state index contributed by atoms with van der Waals surface area (Å²) in [5, 5.41) is 0. The molecule has 0 unspecified atom stereocenters. The highest BCUT2D eigenvalue weighted by molar-refractivity contribution is 9.11. The average Bonchev–Trinajstić information content (AvgIpc) is 4.29. The van der Waals surface area contributed by atoms with E-state index >= 15 is 0 Å². The van der Waals surface area contributed by atoms with Crippen molar-refractivity contribution in [2.75, 3.05) is 39.6 Å². The minimum Gasteiger partial charge on any atom is -0.382 e. The minimum absolute atomic E-state index is 0.0417. The minimum atomic E-state index is -3.06. The number of carbonyl (C=O) groups excluding carboxylic acids is 1. The monoisotopic (exact) mass is 1610 g/mol. The number of unbranched alkanes of at least 4 members (excludes halogenated alkanes) is 2. The van der Waals surface area contributed by atoms with Gasteiger partial charge in [-0.2, -0.15) is 0 Å². The molecule has 1 aliphatic heterocycles. The quantitative estimate of drug-likeness (QED) is 0.0399. The van der Waals surface area contributed by atoms with E-state index in [2.05, 4.69) is 243 Å². The Morgan fingerprint density at radius 3 is 0.989 bits per heavy atom. The number of halogens is 6. The summed E-state index contributed by atoms with van der Waals surface area (Å²) in [6.07, 6.45) is 11.4. The van der Waals surface area contributed by atoms with E-state index in [0.29, 0.717) is 24.3 Å². The van der Waals surface area contributed by atoms with Crippen molar-refractivity contribution in [2.24, 2.45) is 0 Å². The molecule has 0 atom stereocenters. The van der Waals surface area contributed by atoms with Crippen LogP contribution in [0.5, 0.6) is 0 Å². The van der Waals surface area contributed by atoms with Crippen LogP contribution in [0.4, 0.5) is 0 Å². The van der Waals surface area contributed by atoms with E-state index in [4.69, 9.17) is 23.0 Å². The Balaban J connectivity index is 0.000000274. The first-order valence-electron chi connectivity index (χ1n) is 29.3. The van der Waals surface area contributed by atoms with Gasteiger partial charge in [0.25, 0.3) is 0 Å². The predicted octanol–water partition coefficient (Wildman–Crippen LogP) is 24.6. The molecule has 0 amide bonds. The highest BCUT2D eigenvalue weighted by Gasteiger charge is 2.24. The topological polar surface area (TPSA) is 97.4 Å². The zero-order valence-corrected chi connectivity index (χ0v) is 62.1. The summed E-state index contributed by atoms with van der Waals surface area (Å²) in [5.41, 5.74) is 12.5. The van der Waals surface area contributed by atoms with Crippen molar-refractivity contribution >= 4 is 141 Å². The number of carbonyl (C=O) groups is 1. The maximum Gasteiger partial charge on any atom is 0.335 e. The van der Waals surface area contributed by atoms with Gasteiger partial charge in [-0.25, -0.2) is 4.57 Å². The van der Waals surface area contributed by atoms with Gasteiger partial charge in [0, 0.05) is 64.4 Å². The van der Waals surface area contributed by atoms with E-state index in [-0.39, 0.29) is 27.2 Å². The molecule has 88 heavy (non-hydrogen) atoms. The fourth-order valence-electron chi connectivity index (χ4n) is 8.23. The summed E-state index contributed by atoms with van der Waals surface area (Å²) in [7, 11) is -3.40. The van der Waals surface area contributed by atoms with Gasteiger partial charge in [-0.1, -0.05) is 226 Å². The van der Waals surface area contributed by atoms with Crippen LogP contribution in [-0.4, -0.2) is 45.4 Å². The summed E-state index contributed by atoms with van der Waals surface area (Å²) in [4.78, 5) is 12.0. The first kappa shape index (κ1) is 76.4. The van der Waals surface area contributed by atoms with Crippen LogP contribution in [-0.2, 0) is 44.9 Å². The fourth-order valence-corrected chi connectivity index (χ4v) is 11.7. The van der Waals surface area contributed by atoms with Crippen molar-refractivity contribution in [3.05, 3.63) is 277 Å². The molecule has 1 fully saturated rings. The van der Waals surface area contributed by atoms with E-state index in [0.717, 1.165) is 75.5 Å². The molecule has 8 aromatic carbocycles. The third kappa shape index (κ3) is 29.9. The second kappa shape index (κ2) is 44.4.